The molecule has 0 amide bonds. The topological polar surface area (TPSA) is 47.9 Å². The van der Waals surface area contributed by atoms with E-state index < -0.39 is 0 Å². The molecule has 0 aliphatic rings. The molecule has 2 heterocycles. The summed E-state index contributed by atoms with van der Waals surface area (Å²) in [6, 6.07) is 3.66. The van der Waals surface area contributed by atoms with E-state index in [4.69, 9.17) is 4.74 Å². The van der Waals surface area contributed by atoms with Crippen molar-refractivity contribution in [2.45, 2.75) is 13.8 Å². The average Bonchev–Trinajstić information content (AvgIpc) is 2.25. The van der Waals surface area contributed by atoms with Crippen LogP contribution in [0.5, 0.6) is 11.6 Å². The number of hydrogen-bond donors (Lipinski definition) is 0. The molecule has 0 aromatic carbocycles. The second-order valence-electron chi connectivity index (χ2n) is 3.20. The summed E-state index contributed by atoms with van der Waals surface area (Å²) < 4.78 is 5.58. The quantitative estimate of drug-likeness (QED) is 0.747. The average molecular weight is 201 g/mol. The number of hydrogen-bond acceptors (Lipinski definition) is 4. The van der Waals surface area contributed by atoms with Crippen LogP contribution in [0.25, 0.3) is 0 Å². The summed E-state index contributed by atoms with van der Waals surface area (Å²) in [6.07, 6.45) is 5.09. The number of nitrogens with zero attached hydrogens (tertiary/aromatic N) is 3. The highest BCUT2D eigenvalue weighted by atomic mass is 16.5. The molecule has 4 heteroatoms. The predicted octanol–water partition coefficient (Wildman–Crippen LogP) is 2.28. The summed E-state index contributed by atoms with van der Waals surface area (Å²) >= 11 is 0. The van der Waals surface area contributed by atoms with Crippen molar-refractivity contribution in [2.24, 2.45) is 0 Å². The molecule has 15 heavy (non-hydrogen) atoms. The van der Waals surface area contributed by atoms with E-state index in [-0.39, 0.29) is 0 Å². The molecule has 0 aliphatic heterocycles. The minimum Gasteiger partial charge on any atom is -0.437 e. The molecule has 0 atom stereocenters. The van der Waals surface area contributed by atoms with Crippen molar-refractivity contribution in [3.63, 3.8) is 0 Å². The molecule has 0 bridgehead atoms. The van der Waals surface area contributed by atoms with Crippen LogP contribution in [0, 0.1) is 13.8 Å². The molecule has 2 aromatic rings. The van der Waals surface area contributed by atoms with Crippen LogP contribution in [0.2, 0.25) is 0 Å². The van der Waals surface area contributed by atoms with Crippen LogP contribution >= 0.6 is 0 Å². The highest BCUT2D eigenvalue weighted by molar-refractivity contribution is 5.28. The van der Waals surface area contributed by atoms with E-state index in [1.807, 2.05) is 26.0 Å². The number of ether oxygens (including phenoxy) is 1. The van der Waals surface area contributed by atoms with Crippen LogP contribution in [0.1, 0.15) is 11.4 Å². The molecule has 0 spiro atoms. The van der Waals surface area contributed by atoms with Crippen molar-refractivity contribution >= 4 is 0 Å². The van der Waals surface area contributed by atoms with Crippen LogP contribution in [0.3, 0.4) is 0 Å². The van der Waals surface area contributed by atoms with E-state index in [2.05, 4.69) is 15.0 Å². The van der Waals surface area contributed by atoms with Gasteiger partial charge in [-0.15, -0.1) is 0 Å². The van der Waals surface area contributed by atoms with Crippen molar-refractivity contribution < 1.29 is 4.74 Å². The van der Waals surface area contributed by atoms with Crippen molar-refractivity contribution in [3.05, 3.63) is 42.1 Å². The largest absolute Gasteiger partial charge is 0.437 e. The molecule has 0 saturated carbocycles. The number of aryl methyl sites for hydroxylation is 2. The fourth-order valence-electron chi connectivity index (χ4n) is 1.13. The minimum atomic E-state index is 0.579. The van der Waals surface area contributed by atoms with Gasteiger partial charge in [-0.3, -0.25) is 4.98 Å². The van der Waals surface area contributed by atoms with E-state index in [0.717, 1.165) is 5.56 Å². The van der Waals surface area contributed by atoms with Crippen molar-refractivity contribution in [1.82, 2.24) is 15.0 Å². The van der Waals surface area contributed by atoms with Gasteiger partial charge in [-0.25, -0.2) is 4.98 Å². The van der Waals surface area contributed by atoms with E-state index in [9.17, 15) is 0 Å². The standard InChI is InChI=1S/C11H11N3O/c1-8-6-13-9(2)14-11(8)15-10-4-3-5-12-7-10/h3-7H,1-2H3. The molecule has 76 valence electrons. The summed E-state index contributed by atoms with van der Waals surface area (Å²) in [6.45, 7) is 3.74. The summed E-state index contributed by atoms with van der Waals surface area (Å²) in [7, 11) is 0. The lowest BCUT2D eigenvalue weighted by molar-refractivity contribution is 0.453. The van der Waals surface area contributed by atoms with Crippen LogP contribution in [0.4, 0.5) is 0 Å². The van der Waals surface area contributed by atoms with Gasteiger partial charge < -0.3 is 4.74 Å². The first-order chi connectivity index (χ1) is 7.25. The maximum absolute atomic E-state index is 5.58. The Balaban J connectivity index is 2.28. The van der Waals surface area contributed by atoms with Gasteiger partial charge in [-0.05, 0) is 26.0 Å². The summed E-state index contributed by atoms with van der Waals surface area (Å²) in [4.78, 5) is 12.2. The first-order valence-corrected chi connectivity index (χ1v) is 4.64. The first-order valence-electron chi connectivity index (χ1n) is 4.64. The number of aromatic nitrogens is 3. The van der Waals surface area contributed by atoms with Crippen LogP contribution in [-0.2, 0) is 0 Å². The lowest BCUT2D eigenvalue weighted by atomic mass is 10.3. The van der Waals surface area contributed by atoms with Gasteiger partial charge in [0.05, 0.1) is 6.20 Å². The Labute approximate surface area is 88.0 Å². The van der Waals surface area contributed by atoms with Gasteiger partial charge in [0.15, 0.2) is 0 Å². The zero-order valence-corrected chi connectivity index (χ0v) is 8.64. The summed E-state index contributed by atoms with van der Waals surface area (Å²) in [5.74, 6) is 1.95. The van der Waals surface area contributed by atoms with Gasteiger partial charge in [0, 0.05) is 18.0 Å². The monoisotopic (exact) mass is 201 g/mol. The normalized spacial score (nSPS) is 10.0. The fourth-order valence-corrected chi connectivity index (χ4v) is 1.13. The molecular formula is C11H11N3O. The molecule has 0 aliphatic carbocycles. The molecule has 0 unspecified atom stereocenters. The van der Waals surface area contributed by atoms with E-state index in [1.165, 1.54) is 0 Å². The maximum Gasteiger partial charge on any atom is 0.225 e. The Morgan fingerprint density at radius 3 is 2.80 bits per heavy atom. The fraction of sp³-hybridized carbons (Fsp3) is 0.182. The third-order valence-electron chi connectivity index (χ3n) is 1.89. The van der Waals surface area contributed by atoms with Crippen LogP contribution in [0.15, 0.2) is 30.7 Å². The highest BCUT2D eigenvalue weighted by Gasteiger charge is 2.03. The molecule has 0 N–H and O–H groups in total. The molecule has 0 radical (unpaired) electrons. The Morgan fingerprint density at radius 2 is 2.07 bits per heavy atom. The van der Waals surface area contributed by atoms with Crippen molar-refractivity contribution in [1.29, 1.82) is 0 Å². The van der Waals surface area contributed by atoms with Gasteiger partial charge in [0.1, 0.15) is 11.6 Å². The van der Waals surface area contributed by atoms with Gasteiger partial charge in [-0.1, -0.05) is 0 Å². The Hall–Kier alpha value is -1.97. The first kappa shape index (κ1) is 9.58. The van der Waals surface area contributed by atoms with Gasteiger partial charge in [0.2, 0.25) is 5.88 Å². The lowest BCUT2D eigenvalue weighted by Gasteiger charge is -2.06. The summed E-state index contributed by atoms with van der Waals surface area (Å²) in [5.41, 5.74) is 0.907. The smallest absolute Gasteiger partial charge is 0.225 e. The molecule has 0 saturated heterocycles. The molecular weight excluding hydrogens is 190 g/mol. The molecule has 4 nitrogen and oxygen atoms in total. The predicted molar refractivity (Wildman–Crippen MR) is 55.8 cm³/mol. The molecule has 0 fully saturated rings. The van der Waals surface area contributed by atoms with E-state index in [1.54, 1.807) is 18.6 Å². The Bertz CT molecular complexity index is 457. The zero-order chi connectivity index (χ0) is 10.7. The van der Waals surface area contributed by atoms with Gasteiger partial charge >= 0.3 is 0 Å². The summed E-state index contributed by atoms with van der Waals surface area (Å²) in [5, 5.41) is 0. The second-order valence-corrected chi connectivity index (χ2v) is 3.20. The lowest BCUT2D eigenvalue weighted by Crippen LogP contribution is -1.95. The highest BCUT2D eigenvalue weighted by Crippen LogP contribution is 2.20. The molecule has 2 rings (SSSR count). The van der Waals surface area contributed by atoms with E-state index in [0.29, 0.717) is 17.5 Å². The Kier molecular flexibility index (Phi) is 2.58. The third-order valence-corrected chi connectivity index (χ3v) is 1.89. The van der Waals surface area contributed by atoms with Gasteiger partial charge in [0.25, 0.3) is 0 Å². The second kappa shape index (κ2) is 4.04. The Morgan fingerprint density at radius 1 is 1.20 bits per heavy atom. The van der Waals surface area contributed by atoms with Crippen LogP contribution < -0.4 is 4.74 Å². The van der Waals surface area contributed by atoms with E-state index >= 15 is 0 Å². The number of pyridine rings is 1. The zero-order valence-electron chi connectivity index (χ0n) is 8.64. The van der Waals surface area contributed by atoms with Crippen LogP contribution in [-0.4, -0.2) is 15.0 Å². The third kappa shape index (κ3) is 2.28. The maximum atomic E-state index is 5.58. The SMILES string of the molecule is Cc1ncc(C)c(Oc2cccnc2)n1. The minimum absolute atomic E-state index is 0.579. The van der Waals surface area contributed by atoms with Crippen molar-refractivity contribution in [2.75, 3.05) is 0 Å². The van der Waals surface area contributed by atoms with Gasteiger partial charge in [-0.2, -0.15) is 4.98 Å². The van der Waals surface area contributed by atoms with Crippen molar-refractivity contribution in [3.8, 4) is 11.6 Å². The molecule has 2 aromatic heterocycles. The number of rotatable bonds is 2.